The van der Waals surface area contributed by atoms with Crippen LogP contribution in [0.25, 0.3) is 0 Å². The van der Waals surface area contributed by atoms with Crippen molar-refractivity contribution in [3.8, 4) is 6.07 Å². The molecule has 1 aromatic heterocycles. The van der Waals surface area contributed by atoms with Gasteiger partial charge in [0.25, 0.3) is 0 Å². The standard InChI is InChI=1S/C10H16N4S2/c1-15-6-4-2-3-5-13-10-8(7-11)9(12)14-16-10/h13H,2-6H2,1H3,(H2,12,14). The fraction of sp³-hybridized carbons (Fsp3) is 0.600. The second kappa shape index (κ2) is 7.36. The number of nitriles is 1. The Morgan fingerprint density at radius 2 is 2.31 bits per heavy atom. The third-order valence-corrected chi connectivity index (χ3v) is 3.66. The normalized spacial score (nSPS) is 10.0. The topological polar surface area (TPSA) is 74.7 Å². The molecule has 0 aliphatic carbocycles. The number of rotatable bonds is 7. The van der Waals surface area contributed by atoms with Gasteiger partial charge in [-0.1, -0.05) is 6.42 Å². The maximum absolute atomic E-state index is 8.85. The van der Waals surface area contributed by atoms with Crippen LogP contribution in [0.3, 0.4) is 0 Å². The van der Waals surface area contributed by atoms with Crippen LogP contribution < -0.4 is 11.1 Å². The van der Waals surface area contributed by atoms with Gasteiger partial charge in [-0.25, -0.2) is 0 Å². The average Bonchev–Trinajstić information content (AvgIpc) is 2.64. The maximum atomic E-state index is 8.85. The van der Waals surface area contributed by atoms with Gasteiger partial charge in [-0.2, -0.15) is 21.4 Å². The molecule has 4 nitrogen and oxygen atoms in total. The fourth-order valence-corrected chi connectivity index (χ4v) is 2.46. The molecule has 0 aliphatic rings. The van der Waals surface area contributed by atoms with Crippen LogP contribution >= 0.6 is 23.3 Å². The van der Waals surface area contributed by atoms with E-state index in [-0.39, 0.29) is 0 Å². The smallest absolute Gasteiger partial charge is 0.157 e. The Hall–Kier alpha value is -0.930. The molecule has 6 heteroatoms. The van der Waals surface area contributed by atoms with Crippen LogP contribution in [0.2, 0.25) is 0 Å². The Morgan fingerprint density at radius 1 is 1.50 bits per heavy atom. The van der Waals surface area contributed by atoms with Gasteiger partial charge in [0.05, 0.1) is 0 Å². The fourth-order valence-electron chi connectivity index (χ4n) is 1.28. The number of hydrogen-bond donors (Lipinski definition) is 2. The van der Waals surface area contributed by atoms with Crippen molar-refractivity contribution in [2.75, 3.05) is 29.6 Å². The molecule has 0 radical (unpaired) electrons. The Balaban J connectivity index is 2.25. The van der Waals surface area contributed by atoms with Gasteiger partial charge < -0.3 is 11.1 Å². The van der Waals surface area contributed by atoms with Gasteiger partial charge in [-0.05, 0) is 36.4 Å². The molecule has 0 fully saturated rings. The van der Waals surface area contributed by atoms with Crippen molar-refractivity contribution in [1.82, 2.24) is 4.37 Å². The van der Waals surface area contributed by atoms with Gasteiger partial charge in [-0.3, -0.25) is 0 Å². The minimum atomic E-state index is 0.331. The summed E-state index contributed by atoms with van der Waals surface area (Å²) >= 11 is 3.13. The Morgan fingerprint density at radius 3 is 3.00 bits per heavy atom. The summed E-state index contributed by atoms with van der Waals surface area (Å²) in [7, 11) is 0. The number of anilines is 2. The molecule has 0 amide bonds. The van der Waals surface area contributed by atoms with Crippen LogP contribution in [-0.4, -0.2) is 22.9 Å². The average molecular weight is 256 g/mol. The van der Waals surface area contributed by atoms with Gasteiger partial charge in [0.15, 0.2) is 5.82 Å². The molecule has 1 heterocycles. The van der Waals surface area contributed by atoms with Crippen molar-refractivity contribution in [1.29, 1.82) is 5.26 Å². The number of aromatic nitrogens is 1. The predicted octanol–water partition coefficient (Wildman–Crippen LogP) is 2.54. The van der Waals surface area contributed by atoms with Crippen LogP contribution in [0.15, 0.2) is 0 Å². The molecule has 0 saturated heterocycles. The zero-order valence-electron chi connectivity index (χ0n) is 9.32. The van der Waals surface area contributed by atoms with Crippen molar-refractivity contribution in [2.24, 2.45) is 0 Å². The van der Waals surface area contributed by atoms with E-state index >= 15 is 0 Å². The molecule has 0 bridgehead atoms. The van der Waals surface area contributed by atoms with Crippen LogP contribution in [0.1, 0.15) is 24.8 Å². The largest absolute Gasteiger partial charge is 0.382 e. The van der Waals surface area contributed by atoms with Crippen molar-refractivity contribution < 1.29 is 0 Å². The molecule has 1 rings (SSSR count). The highest BCUT2D eigenvalue weighted by atomic mass is 32.2. The molecule has 0 aromatic carbocycles. The number of thioether (sulfide) groups is 1. The monoisotopic (exact) mass is 256 g/mol. The number of nitrogens with two attached hydrogens (primary N) is 1. The number of hydrogen-bond acceptors (Lipinski definition) is 6. The second-order valence-corrected chi connectivity index (χ2v) is 5.12. The highest BCUT2D eigenvalue weighted by molar-refractivity contribution is 7.98. The SMILES string of the molecule is CSCCCCCNc1snc(N)c1C#N. The minimum Gasteiger partial charge on any atom is -0.382 e. The molecule has 16 heavy (non-hydrogen) atoms. The molecule has 88 valence electrons. The predicted molar refractivity (Wildman–Crippen MR) is 72.0 cm³/mol. The lowest BCUT2D eigenvalue weighted by Crippen LogP contribution is -2.01. The second-order valence-electron chi connectivity index (χ2n) is 3.36. The van der Waals surface area contributed by atoms with E-state index in [9.17, 15) is 0 Å². The van der Waals surface area contributed by atoms with E-state index in [0.717, 1.165) is 18.0 Å². The van der Waals surface area contributed by atoms with Crippen LogP contribution in [0, 0.1) is 11.3 Å². The molecule has 0 unspecified atom stereocenters. The van der Waals surface area contributed by atoms with Crippen molar-refractivity contribution in [2.45, 2.75) is 19.3 Å². The van der Waals surface area contributed by atoms with E-state index in [0.29, 0.717) is 11.4 Å². The van der Waals surface area contributed by atoms with Crippen LogP contribution in [0.4, 0.5) is 10.8 Å². The summed E-state index contributed by atoms with van der Waals surface area (Å²) in [6.07, 6.45) is 5.70. The Labute approximate surface area is 104 Å². The molecule has 0 aliphatic heterocycles. The summed E-state index contributed by atoms with van der Waals surface area (Å²) in [6.45, 7) is 0.880. The van der Waals surface area contributed by atoms with E-state index < -0.39 is 0 Å². The van der Waals surface area contributed by atoms with Gasteiger partial charge in [0.2, 0.25) is 0 Å². The molecule has 0 atom stereocenters. The van der Waals surface area contributed by atoms with Gasteiger partial charge >= 0.3 is 0 Å². The highest BCUT2D eigenvalue weighted by Crippen LogP contribution is 2.25. The Bertz CT molecular complexity index is 356. The quantitative estimate of drug-likeness (QED) is 0.733. The van der Waals surface area contributed by atoms with Crippen LogP contribution in [-0.2, 0) is 0 Å². The van der Waals surface area contributed by atoms with Crippen molar-refractivity contribution >= 4 is 34.1 Å². The van der Waals surface area contributed by atoms with E-state index in [1.165, 1.54) is 30.1 Å². The first kappa shape index (κ1) is 13.1. The van der Waals surface area contributed by atoms with Crippen molar-refractivity contribution in [3.63, 3.8) is 0 Å². The summed E-state index contributed by atoms with van der Waals surface area (Å²) < 4.78 is 3.95. The Kier molecular flexibility index (Phi) is 6.04. The summed E-state index contributed by atoms with van der Waals surface area (Å²) in [4.78, 5) is 0. The first-order valence-electron chi connectivity index (χ1n) is 5.17. The first-order chi connectivity index (χ1) is 7.79. The van der Waals surface area contributed by atoms with Crippen LogP contribution in [0.5, 0.6) is 0 Å². The van der Waals surface area contributed by atoms with Crippen molar-refractivity contribution in [3.05, 3.63) is 5.56 Å². The van der Waals surface area contributed by atoms with E-state index in [1.807, 2.05) is 11.8 Å². The van der Waals surface area contributed by atoms with Gasteiger partial charge in [-0.15, -0.1) is 0 Å². The van der Waals surface area contributed by atoms with Gasteiger partial charge in [0, 0.05) is 6.54 Å². The lowest BCUT2D eigenvalue weighted by molar-refractivity contribution is 0.750. The number of nitrogens with zero attached hydrogens (tertiary/aromatic N) is 2. The maximum Gasteiger partial charge on any atom is 0.157 e. The summed E-state index contributed by atoms with van der Waals surface area (Å²) in [5, 5.41) is 12.9. The lowest BCUT2D eigenvalue weighted by Gasteiger charge is -2.03. The molecule has 0 saturated carbocycles. The number of unbranched alkanes of at least 4 members (excludes halogenated alkanes) is 2. The molecule has 3 N–H and O–H groups in total. The minimum absolute atomic E-state index is 0.331. The number of nitrogen functional groups attached to an aromatic ring is 1. The van der Waals surface area contributed by atoms with Gasteiger partial charge in [0.1, 0.15) is 16.6 Å². The molecular weight excluding hydrogens is 240 g/mol. The summed E-state index contributed by atoms with van der Waals surface area (Å²) in [6, 6.07) is 2.06. The third-order valence-electron chi connectivity index (χ3n) is 2.14. The lowest BCUT2D eigenvalue weighted by atomic mass is 10.2. The van der Waals surface area contributed by atoms with E-state index in [4.69, 9.17) is 11.0 Å². The van der Waals surface area contributed by atoms with E-state index in [2.05, 4.69) is 22.0 Å². The summed E-state index contributed by atoms with van der Waals surface area (Å²) in [5.41, 5.74) is 6.04. The highest BCUT2D eigenvalue weighted by Gasteiger charge is 2.09. The zero-order valence-corrected chi connectivity index (χ0v) is 11.0. The summed E-state index contributed by atoms with van der Waals surface area (Å²) in [5.74, 6) is 1.55. The number of nitrogens with one attached hydrogen (secondary N) is 1. The molecular formula is C10H16N4S2. The van der Waals surface area contributed by atoms with E-state index in [1.54, 1.807) is 0 Å². The first-order valence-corrected chi connectivity index (χ1v) is 7.34. The third kappa shape index (κ3) is 3.91. The zero-order chi connectivity index (χ0) is 11.8. The molecule has 1 aromatic rings. The molecule has 0 spiro atoms.